The number of aryl methyl sites for hydroxylation is 2. The van der Waals surface area contributed by atoms with Crippen LogP contribution in [0.2, 0.25) is 0 Å². The van der Waals surface area contributed by atoms with Crippen molar-refractivity contribution in [2.75, 3.05) is 12.3 Å². The van der Waals surface area contributed by atoms with Crippen LogP contribution in [0.3, 0.4) is 0 Å². The summed E-state index contributed by atoms with van der Waals surface area (Å²) in [5.74, 6) is 1.95. The Hall–Kier alpha value is -0.480. The van der Waals surface area contributed by atoms with Crippen molar-refractivity contribution in [2.45, 2.75) is 51.8 Å². The van der Waals surface area contributed by atoms with Crippen molar-refractivity contribution in [1.82, 2.24) is 10.3 Å². The number of hydrogen-bond donors (Lipinski definition) is 1. The highest BCUT2D eigenvalue weighted by molar-refractivity contribution is 7.99. The number of aromatic nitrogens is 1. The Labute approximate surface area is 102 Å². The van der Waals surface area contributed by atoms with E-state index in [1.807, 2.05) is 13.8 Å². The zero-order chi connectivity index (χ0) is 12.0. The molecule has 1 atom stereocenters. The van der Waals surface area contributed by atoms with Gasteiger partial charge in [-0.2, -0.15) is 0 Å². The zero-order valence-corrected chi connectivity index (χ0v) is 11.5. The van der Waals surface area contributed by atoms with Crippen LogP contribution in [0.5, 0.6) is 0 Å². The van der Waals surface area contributed by atoms with E-state index in [0.717, 1.165) is 35.4 Å². The van der Waals surface area contributed by atoms with Crippen molar-refractivity contribution in [1.29, 1.82) is 0 Å². The van der Waals surface area contributed by atoms with Gasteiger partial charge in [-0.1, -0.05) is 25.6 Å². The van der Waals surface area contributed by atoms with Crippen LogP contribution in [-0.4, -0.2) is 23.3 Å². The SMILES string of the molecule is CCCNC(CC)CSc1nc(C)c(C)o1. The predicted molar refractivity (Wildman–Crippen MR) is 69.1 cm³/mol. The zero-order valence-electron chi connectivity index (χ0n) is 10.7. The molecule has 0 bridgehead atoms. The summed E-state index contributed by atoms with van der Waals surface area (Å²) in [5.41, 5.74) is 0.997. The Morgan fingerprint density at radius 2 is 2.12 bits per heavy atom. The molecular formula is C12H22N2OS. The van der Waals surface area contributed by atoms with E-state index in [1.54, 1.807) is 11.8 Å². The Balaban J connectivity index is 2.37. The lowest BCUT2D eigenvalue weighted by Gasteiger charge is -2.14. The minimum atomic E-state index is 0.553. The van der Waals surface area contributed by atoms with Crippen LogP contribution in [0.4, 0.5) is 0 Å². The van der Waals surface area contributed by atoms with E-state index in [2.05, 4.69) is 24.1 Å². The molecule has 0 saturated carbocycles. The predicted octanol–water partition coefficient (Wildman–Crippen LogP) is 3.16. The minimum Gasteiger partial charge on any atom is -0.437 e. The number of hydrogen-bond acceptors (Lipinski definition) is 4. The Kier molecular flexibility index (Phi) is 5.91. The molecule has 1 rings (SSSR count). The molecule has 92 valence electrons. The van der Waals surface area contributed by atoms with Crippen LogP contribution in [0.25, 0.3) is 0 Å². The Morgan fingerprint density at radius 1 is 1.38 bits per heavy atom. The van der Waals surface area contributed by atoms with E-state index >= 15 is 0 Å². The molecule has 16 heavy (non-hydrogen) atoms. The molecule has 0 radical (unpaired) electrons. The van der Waals surface area contributed by atoms with Crippen LogP contribution in [0, 0.1) is 13.8 Å². The topological polar surface area (TPSA) is 38.1 Å². The molecule has 0 aliphatic rings. The quantitative estimate of drug-likeness (QED) is 0.745. The van der Waals surface area contributed by atoms with E-state index < -0.39 is 0 Å². The first-order chi connectivity index (χ1) is 7.67. The van der Waals surface area contributed by atoms with Gasteiger partial charge < -0.3 is 9.73 Å². The maximum absolute atomic E-state index is 5.54. The van der Waals surface area contributed by atoms with Gasteiger partial charge in [-0.05, 0) is 33.2 Å². The summed E-state index contributed by atoms with van der Waals surface area (Å²) in [6, 6.07) is 0.553. The van der Waals surface area contributed by atoms with Gasteiger partial charge in [0.25, 0.3) is 5.22 Å². The molecule has 4 heteroatoms. The molecule has 1 aromatic rings. The lowest BCUT2D eigenvalue weighted by Crippen LogP contribution is -2.31. The van der Waals surface area contributed by atoms with Crippen LogP contribution in [0.1, 0.15) is 38.1 Å². The second kappa shape index (κ2) is 6.97. The molecule has 0 aromatic carbocycles. The second-order valence-corrected chi connectivity index (χ2v) is 4.96. The van der Waals surface area contributed by atoms with Crippen molar-refractivity contribution < 1.29 is 4.42 Å². The first-order valence-corrected chi connectivity index (χ1v) is 6.96. The second-order valence-electron chi connectivity index (χ2n) is 3.99. The van der Waals surface area contributed by atoms with Gasteiger partial charge in [0.05, 0.1) is 5.69 Å². The molecule has 1 unspecified atom stereocenters. The lowest BCUT2D eigenvalue weighted by atomic mass is 10.2. The Bertz CT molecular complexity index is 292. The van der Waals surface area contributed by atoms with Crippen molar-refractivity contribution in [3.8, 4) is 0 Å². The van der Waals surface area contributed by atoms with Gasteiger partial charge >= 0.3 is 0 Å². The smallest absolute Gasteiger partial charge is 0.256 e. The first-order valence-electron chi connectivity index (χ1n) is 5.97. The van der Waals surface area contributed by atoms with Crippen molar-refractivity contribution in [2.24, 2.45) is 0 Å². The van der Waals surface area contributed by atoms with Gasteiger partial charge in [-0.3, -0.25) is 0 Å². The normalized spacial score (nSPS) is 13.0. The van der Waals surface area contributed by atoms with Crippen LogP contribution < -0.4 is 5.32 Å². The van der Waals surface area contributed by atoms with Crippen LogP contribution in [0.15, 0.2) is 9.64 Å². The molecule has 1 N–H and O–H groups in total. The maximum atomic E-state index is 5.54. The molecule has 1 heterocycles. The molecule has 0 amide bonds. The van der Waals surface area contributed by atoms with Gasteiger partial charge in [-0.25, -0.2) is 4.98 Å². The summed E-state index contributed by atoms with van der Waals surface area (Å²) in [6.07, 6.45) is 2.32. The largest absolute Gasteiger partial charge is 0.437 e. The minimum absolute atomic E-state index is 0.553. The van der Waals surface area contributed by atoms with Gasteiger partial charge in [0.15, 0.2) is 0 Å². The summed E-state index contributed by atoms with van der Waals surface area (Å²) in [6.45, 7) is 9.42. The van der Waals surface area contributed by atoms with Crippen molar-refractivity contribution in [3.05, 3.63) is 11.5 Å². The number of thioether (sulfide) groups is 1. The molecule has 0 aliphatic carbocycles. The summed E-state index contributed by atoms with van der Waals surface area (Å²) in [7, 11) is 0. The Morgan fingerprint density at radius 3 is 2.62 bits per heavy atom. The van der Waals surface area contributed by atoms with Gasteiger partial charge in [0, 0.05) is 11.8 Å². The summed E-state index contributed by atoms with van der Waals surface area (Å²) >= 11 is 1.70. The first kappa shape index (κ1) is 13.6. The van der Waals surface area contributed by atoms with Crippen LogP contribution >= 0.6 is 11.8 Å². The lowest BCUT2D eigenvalue weighted by molar-refractivity contribution is 0.430. The van der Waals surface area contributed by atoms with Gasteiger partial charge in [0.2, 0.25) is 0 Å². The average Bonchev–Trinajstić information content (AvgIpc) is 2.59. The molecular weight excluding hydrogens is 220 g/mol. The maximum Gasteiger partial charge on any atom is 0.256 e. The van der Waals surface area contributed by atoms with Gasteiger partial charge in [-0.15, -0.1) is 0 Å². The number of nitrogens with one attached hydrogen (secondary N) is 1. The molecule has 0 saturated heterocycles. The highest BCUT2D eigenvalue weighted by atomic mass is 32.2. The van der Waals surface area contributed by atoms with Gasteiger partial charge in [0.1, 0.15) is 5.76 Å². The summed E-state index contributed by atoms with van der Waals surface area (Å²) < 4.78 is 5.54. The summed E-state index contributed by atoms with van der Waals surface area (Å²) in [4.78, 5) is 4.37. The van der Waals surface area contributed by atoms with E-state index in [4.69, 9.17) is 4.42 Å². The van der Waals surface area contributed by atoms with E-state index in [1.165, 1.54) is 6.42 Å². The summed E-state index contributed by atoms with van der Waals surface area (Å²) in [5, 5.41) is 4.32. The molecule has 0 fully saturated rings. The number of oxazole rings is 1. The number of nitrogens with zero attached hydrogens (tertiary/aromatic N) is 1. The van der Waals surface area contributed by atoms with Crippen LogP contribution in [-0.2, 0) is 0 Å². The third-order valence-corrected chi connectivity index (χ3v) is 3.58. The molecule has 0 aliphatic heterocycles. The number of rotatable bonds is 7. The highest BCUT2D eigenvalue weighted by Gasteiger charge is 2.10. The van der Waals surface area contributed by atoms with E-state index in [0.29, 0.717) is 6.04 Å². The fourth-order valence-electron chi connectivity index (χ4n) is 1.35. The monoisotopic (exact) mass is 242 g/mol. The highest BCUT2D eigenvalue weighted by Crippen LogP contribution is 2.21. The fourth-order valence-corrected chi connectivity index (χ4v) is 2.43. The fraction of sp³-hybridized carbons (Fsp3) is 0.750. The van der Waals surface area contributed by atoms with Crippen molar-refractivity contribution in [3.63, 3.8) is 0 Å². The van der Waals surface area contributed by atoms with Crippen molar-refractivity contribution >= 4 is 11.8 Å². The average molecular weight is 242 g/mol. The van der Waals surface area contributed by atoms with E-state index in [-0.39, 0.29) is 0 Å². The third kappa shape index (κ3) is 4.18. The van der Waals surface area contributed by atoms with E-state index in [9.17, 15) is 0 Å². The standard InChI is InChI=1S/C12H22N2OS/c1-5-7-13-11(6-2)8-16-12-14-9(3)10(4)15-12/h11,13H,5-8H2,1-4H3. The molecule has 0 spiro atoms. The third-order valence-electron chi connectivity index (χ3n) is 2.59. The molecule has 3 nitrogen and oxygen atoms in total. The molecule has 1 aromatic heterocycles.